The first-order chi connectivity index (χ1) is 15.6. The third kappa shape index (κ3) is 2.76. The topological polar surface area (TPSA) is 66.4 Å². The second kappa shape index (κ2) is 7.64. The molecule has 0 radical (unpaired) electrons. The Bertz CT molecular complexity index is 1200. The molecular formula is C26H26O6. The molecule has 3 aromatic rings. The molecule has 0 aromatic heterocycles. The Morgan fingerprint density at radius 3 is 1.72 bits per heavy atom. The van der Waals surface area contributed by atoms with Gasteiger partial charge in [0.2, 0.25) is 0 Å². The van der Waals surface area contributed by atoms with Crippen LogP contribution in [-0.4, -0.2) is 40.7 Å². The van der Waals surface area contributed by atoms with Crippen LogP contribution in [0.5, 0.6) is 28.7 Å². The lowest BCUT2D eigenvalue weighted by Gasteiger charge is -2.34. The summed E-state index contributed by atoms with van der Waals surface area (Å²) in [5.41, 5.74) is 5.77. The summed E-state index contributed by atoms with van der Waals surface area (Å²) < 4.78 is 28.3. The van der Waals surface area contributed by atoms with Gasteiger partial charge in [0, 0.05) is 35.1 Å². The minimum Gasteiger partial charge on any atom is -0.497 e. The van der Waals surface area contributed by atoms with Crippen LogP contribution in [0.25, 0.3) is 0 Å². The first-order valence-electron chi connectivity index (χ1n) is 10.4. The van der Waals surface area contributed by atoms with Gasteiger partial charge >= 0.3 is 0 Å². The summed E-state index contributed by atoms with van der Waals surface area (Å²) in [6.45, 7) is 0. The van der Waals surface area contributed by atoms with Crippen molar-refractivity contribution in [1.82, 2.24) is 0 Å². The molecule has 166 valence electrons. The summed E-state index contributed by atoms with van der Waals surface area (Å²) in [6, 6.07) is 13.6. The number of hydrogen-bond donors (Lipinski definition) is 1. The number of aliphatic hydroxyl groups excluding tert-OH is 1. The highest BCUT2D eigenvalue weighted by Crippen LogP contribution is 2.61. The lowest BCUT2D eigenvalue weighted by Crippen LogP contribution is -2.21. The Morgan fingerprint density at radius 1 is 0.562 bits per heavy atom. The van der Waals surface area contributed by atoms with E-state index in [-0.39, 0.29) is 11.8 Å². The van der Waals surface area contributed by atoms with Crippen molar-refractivity contribution in [2.75, 3.05) is 35.5 Å². The molecule has 0 saturated carbocycles. The van der Waals surface area contributed by atoms with E-state index >= 15 is 0 Å². The summed E-state index contributed by atoms with van der Waals surface area (Å²) >= 11 is 0. The van der Waals surface area contributed by atoms with Crippen molar-refractivity contribution in [2.24, 2.45) is 0 Å². The standard InChI is InChI=1S/C26H26O6/c1-28-13-6-7-16-17(8-13)22-18-9-14(29-2)12-21(32-5)24(18)25(26(16)27)19-10-15(30-3)11-20(31-4)23(19)22/h6-12,22,25-27H,1-5H3. The van der Waals surface area contributed by atoms with Crippen LogP contribution in [0.1, 0.15) is 51.3 Å². The zero-order chi connectivity index (χ0) is 22.6. The normalized spacial score (nSPS) is 19.9. The fourth-order valence-electron chi connectivity index (χ4n) is 5.30. The van der Waals surface area contributed by atoms with Crippen molar-refractivity contribution in [1.29, 1.82) is 0 Å². The summed E-state index contributed by atoms with van der Waals surface area (Å²) in [4.78, 5) is 0. The number of aliphatic hydroxyl groups is 1. The van der Waals surface area contributed by atoms with Crippen LogP contribution >= 0.6 is 0 Å². The molecule has 0 fully saturated rings. The van der Waals surface area contributed by atoms with Gasteiger partial charge in [-0.1, -0.05) is 6.07 Å². The molecule has 0 spiro atoms. The highest BCUT2D eigenvalue weighted by molar-refractivity contribution is 5.71. The predicted molar refractivity (Wildman–Crippen MR) is 120 cm³/mol. The SMILES string of the molecule is COc1ccc2c(c1)C1c3cc(OC)cc(OC)c3C(c3cc(OC)cc(OC)c31)C2O. The highest BCUT2D eigenvalue weighted by Gasteiger charge is 2.46. The third-order valence-electron chi connectivity index (χ3n) is 6.69. The van der Waals surface area contributed by atoms with Gasteiger partial charge in [0.1, 0.15) is 28.7 Å². The Balaban J connectivity index is 1.94. The second-order valence-corrected chi connectivity index (χ2v) is 8.02. The molecule has 32 heavy (non-hydrogen) atoms. The molecule has 0 heterocycles. The minimum absolute atomic E-state index is 0.205. The van der Waals surface area contributed by atoms with Crippen LogP contribution in [0.3, 0.4) is 0 Å². The molecule has 3 aliphatic carbocycles. The van der Waals surface area contributed by atoms with Gasteiger partial charge in [0.05, 0.1) is 41.7 Å². The average molecular weight is 434 g/mol. The zero-order valence-corrected chi connectivity index (χ0v) is 18.8. The lowest BCUT2D eigenvalue weighted by atomic mass is 9.71. The molecular weight excluding hydrogens is 408 g/mol. The zero-order valence-electron chi connectivity index (χ0n) is 18.8. The first kappa shape index (κ1) is 20.5. The molecule has 6 rings (SSSR count). The fraction of sp³-hybridized carbons (Fsp3) is 0.308. The molecule has 3 aliphatic rings. The van der Waals surface area contributed by atoms with Gasteiger partial charge in [-0.05, 0) is 46.5 Å². The molecule has 3 unspecified atom stereocenters. The Labute approximate surface area is 187 Å². The van der Waals surface area contributed by atoms with Gasteiger partial charge in [0.25, 0.3) is 0 Å². The van der Waals surface area contributed by atoms with Gasteiger partial charge in [-0.15, -0.1) is 0 Å². The third-order valence-corrected chi connectivity index (χ3v) is 6.69. The van der Waals surface area contributed by atoms with Gasteiger partial charge in [0.15, 0.2) is 0 Å². The summed E-state index contributed by atoms with van der Waals surface area (Å²) in [6.07, 6.45) is -0.792. The molecule has 2 bridgehead atoms. The van der Waals surface area contributed by atoms with E-state index in [9.17, 15) is 5.11 Å². The van der Waals surface area contributed by atoms with Crippen molar-refractivity contribution in [3.8, 4) is 28.7 Å². The Hall–Kier alpha value is -3.38. The van der Waals surface area contributed by atoms with E-state index in [4.69, 9.17) is 23.7 Å². The van der Waals surface area contributed by atoms with Gasteiger partial charge in [-0.3, -0.25) is 0 Å². The van der Waals surface area contributed by atoms with Gasteiger partial charge < -0.3 is 28.8 Å². The maximum absolute atomic E-state index is 11.7. The molecule has 1 N–H and O–H groups in total. The van der Waals surface area contributed by atoms with Crippen LogP contribution < -0.4 is 23.7 Å². The quantitative estimate of drug-likeness (QED) is 0.642. The van der Waals surface area contributed by atoms with Crippen molar-refractivity contribution in [2.45, 2.75) is 17.9 Å². The highest BCUT2D eigenvalue weighted by atomic mass is 16.5. The smallest absolute Gasteiger partial charge is 0.127 e. The van der Waals surface area contributed by atoms with E-state index in [1.165, 1.54) is 0 Å². The lowest BCUT2D eigenvalue weighted by molar-refractivity contribution is 0.158. The van der Waals surface area contributed by atoms with Crippen LogP contribution in [0.15, 0.2) is 42.5 Å². The molecule has 3 aromatic carbocycles. The van der Waals surface area contributed by atoms with Gasteiger partial charge in [-0.2, -0.15) is 0 Å². The van der Waals surface area contributed by atoms with E-state index in [1.807, 2.05) is 42.5 Å². The van der Waals surface area contributed by atoms with Crippen LogP contribution in [0.2, 0.25) is 0 Å². The average Bonchev–Trinajstić information content (AvgIpc) is 3.01. The van der Waals surface area contributed by atoms with E-state index < -0.39 is 6.10 Å². The molecule has 3 atom stereocenters. The van der Waals surface area contributed by atoms with Crippen LogP contribution in [0, 0.1) is 0 Å². The van der Waals surface area contributed by atoms with Crippen LogP contribution in [0.4, 0.5) is 0 Å². The molecule has 0 saturated heterocycles. The fourth-order valence-corrected chi connectivity index (χ4v) is 5.30. The van der Waals surface area contributed by atoms with Crippen molar-refractivity contribution >= 4 is 0 Å². The molecule has 6 heteroatoms. The van der Waals surface area contributed by atoms with E-state index in [0.29, 0.717) is 23.0 Å². The van der Waals surface area contributed by atoms with Crippen LogP contribution in [-0.2, 0) is 0 Å². The number of benzene rings is 3. The predicted octanol–water partition coefficient (Wildman–Crippen LogP) is 4.40. The largest absolute Gasteiger partial charge is 0.497 e. The molecule has 0 aliphatic heterocycles. The maximum atomic E-state index is 11.7. The van der Waals surface area contributed by atoms with Crippen molar-refractivity contribution in [3.05, 3.63) is 75.8 Å². The molecule has 6 nitrogen and oxygen atoms in total. The summed E-state index contributed by atoms with van der Waals surface area (Å²) in [5, 5.41) is 11.7. The van der Waals surface area contributed by atoms with E-state index in [0.717, 1.165) is 39.1 Å². The Morgan fingerprint density at radius 2 is 1.12 bits per heavy atom. The van der Waals surface area contributed by atoms with Crippen molar-refractivity contribution < 1.29 is 28.8 Å². The number of methoxy groups -OCH3 is 5. The number of ether oxygens (including phenoxy) is 5. The van der Waals surface area contributed by atoms with Crippen molar-refractivity contribution in [3.63, 3.8) is 0 Å². The second-order valence-electron chi connectivity index (χ2n) is 8.02. The van der Waals surface area contributed by atoms with Gasteiger partial charge in [-0.25, -0.2) is 0 Å². The number of hydrogen-bond acceptors (Lipinski definition) is 6. The van der Waals surface area contributed by atoms with E-state index in [2.05, 4.69) is 0 Å². The first-order valence-corrected chi connectivity index (χ1v) is 10.4. The monoisotopic (exact) mass is 434 g/mol. The maximum Gasteiger partial charge on any atom is 0.127 e. The number of rotatable bonds is 5. The van der Waals surface area contributed by atoms with E-state index in [1.54, 1.807) is 35.5 Å². The minimum atomic E-state index is -0.792. The summed E-state index contributed by atoms with van der Waals surface area (Å²) in [7, 11) is 8.21. The Kier molecular flexibility index (Phi) is 4.90. The summed E-state index contributed by atoms with van der Waals surface area (Å²) in [5.74, 6) is 2.92. The molecule has 0 amide bonds.